The fourth-order valence-electron chi connectivity index (χ4n) is 3.71. The Morgan fingerprint density at radius 2 is 1.90 bits per heavy atom. The number of ether oxygens (including phenoxy) is 1. The molecule has 2 aromatic carbocycles. The van der Waals surface area contributed by atoms with Gasteiger partial charge in [0.25, 0.3) is 5.91 Å². The van der Waals surface area contributed by atoms with Crippen LogP contribution in [0.25, 0.3) is 0 Å². The molecule has 1 saturated heterocycles. The molecule has 1 amide bonds. The first-order valence-corrected chi connectivity index (χ1v) is 10.7. The molecule has 6 nitrogen and oxygen atoms in total. The molecule has 1 fully saturated rings. The predicted octanol–water partition coefficient (Wildman–Crippen LogP) is 3.80. The molecule has 0 spiro atoms. The molecule has 0 saturated carbocycles. The molecule has 0 bridgehead atoms. The summed E-state index contributed by atoms with van der Waals surface area (Å²) in [5.74, 6) is 0.380. The van der Waals surface area contributed by atoms with Crippen LogP contribution in [0.1, 0.15) is 31.0 Å². The van der Waals surface area contributed by atoms with Gasteiger partial charge in [-0.2, -0.15) is 5.26 Å². The lowest BCUT2D eigenvalue weighted by Crippen LogP contribution is -2.44. The summed E-state index contributed by atoms with van der Waals surface area (Å²) in [7, 11) is 0. The van der Waals surface area contributed by atoms with Crippen molar-refractivity contribution in [3.63, 3.8) is 0 Å². The van der Waals surface area contributed by atoms with Crippen LogP contribution >= 0.6 is 0 Å². The Bertz CT molecular complexity index is 957. The van der Waals surface area contributed by atoms with Crippen LogP contribution in [0.5, 0.6) is 5.75 Å². The number of nitriles is 1. The molecule has 0 aliphatic carbocycles. The second kappa shape index (κ2) is 10.5. The van der Waals surface area contributed by atoms with Crippen molar-refractivity contribution >= 4 is 11.6 Å². The number of nitrogens with one attached hydrogen (secondary N) is 1. The van der Waals surface area contributed by atoms with Gasteiger partial charge in [-0.1, -0.05) is 35.9 Å². The van der Waals surface area contributed by atoms with Gasteiger partial charge < -0.3 is 19.9 Å². The Morgan fingerprint density at radius 3 is 2.55 bits per heavy atom. The first-order valence-electron chi connectivity index (χ1n) is 10.7. The Labute approximate surface area is 184 Å². The maximum atomic E-state index is 12.8. The van der Waals surface area contributed by atoms with Crippen molar-refractivity contribution in [2.24, 2.45) is 0 Å². The molecule has 0 aromatic heterocycles. The molecule has 1 unspecified atom stereocenters. The average Bonchev–Trinajstić information content (AvgIpc) is 2.79. The number of carbonyl (C=O) groups is 1. The molecule has 2 aromatic rings. The second-order valence-electron chi connectivity index (χ2n) is 7.68. The molecular weight excluding hydrogens is 388 g/mol. The zero-order valence-electron chi connectivity index (χ0n) is 18.5. The second-order valence-corrected chi connectivity index (χ2v) is 7.68. The minimum Gasteiger partial charge on any atom is -0.494 e. The summed E-state index contributed by atoms with van der Waals surface area (Å²) in [6.45, 7) is 9.60. The largest absolute Gasteiger partial charge is 0.494 e. The number of nitrogens with zero attached hydrogens (tertiary/aromatic N) is 3. The van der Waals surface area contributed by atoms with Gasteiger partial charge in [0.05, 0.1) is 12.6 Å². The number of aryl methyl sites for hydroxylation is 1. The number of anilines is 1. The lowest BCUT2D eigenvalue weighted by molar-refractivity contribution is -0.117. The van der Waals surface area contributed by atoms with E-state index in [0.29, 0.717) is 6.61 Å². The Morgan fingerprint density at radius 1 is 1.19 bits per heavy atom. The van der Waals surface area contributed by atoms with Crippen molar-refractivity contribution in [1.29, 1.82) is 5.26 Å². The van der Waals surface area contributed by atoms with E-state index in [4.69, 9.17) is 4.74 Å². The van der Waals surface area contributed by atoms with E-state index in [1.807, 2.05) is 62.1 Å². The third-order valence-electron chi connectivity index (χ3n) is 5.39. The van der Waals surface area contributed by atoms with Crippen molar-refractivity contribution in [3.05, 3.63) is 71.4 Å². The monoisotopic (exact) mass is 418 g/mol. The third-order valence-corrected chi connectivity index (χ3v) is 5.39. The maximum Gasteiger partial charge on any atom is 0.263 e. The van der Waals surface area contributed by atoms with Gasteiger partial charge in [-0.3, -0.25) is 4.79 Å². The SMILES string of the molecule is CCOc1ccc(C)cc1C(C)NC(=O)/C(C#N)=C\N1CCN(c2ccccc2)CC1. The molecule has 1 aliphatic heterocycles. The number of piperazine rings is 1. The zero-order valence-corrected chi connectivity index (χ0v) is 18.5. The highest BCUT2D eigenvalue weighted by atomic mass is 16.5. The summed E-state index contributed by atoms with van der Waals surface area (Å²) >= 11 is 0. The van der Waals surface area contributed by atoms with Crippen LogP contribution in [-0.4, -0.2) is 43.6 Å². The van der Waals surface area contributed by atoms with E-state index in [-0.39, 0.29) is 17.5 Å². The van der Waals surface area contributed by atoms with Crippen LogP contribution < -0.4 is 15.0 Å². The highest BCUT2D eigenvalue weighted by Crippen LogP contribution is 2.26. The smallest absolute Gasteiger partial charge is 0.263 e. The summed E-state index contributed by atoms with van der Waals surface area (Å²) in [5.41, 5.74) is 3.31. The van der Waals surface area contributed by atoms with E-state index < -0.39 is 0 Å². The maximum absolute atomic E-state index is 12.8. The lowest BCUT2D eigenvalue weighted by atomic mass is 10.0. The summed E-state index contributed by atoms with van der Waals surface area (Å²) in [4.78, 5) is 17.1. The van der Waals surface area contributed by atoms with Crippen molar-refractivity contribution < 1.29 is 9.53 Å². The van der Waals surface area contributed by atoms with Crippen molar-refractivity contribution in [2.75, 3.05) is 37.7 Å². The van der Waals surface area contributed by atoms with E-state index in [2.05, 4.69) is 28.4 Å². The van der Waals surface area contributed by atoms with Gasteiger partial charge >= 0.3 is 0 Å². The first-order chi connectivity index (χ1) is 15.0. The van der Waals surface area contributed by atoms with Gasteiger partial charge in [0.1, 0.15) is 17.4 Å². The van der Waals surface area contributed by atoms with Crippen molar-refractivity contribution in [3.8, 4) is 11.8 Å². The topological polar surface area (TPSA) is 68.6 Å². The molecule has 162 valence electrons. The number of hydrogen-bond acceptors (Lipinski definition) is 5. The van der Waals surface area contributed by atoms with Crippen LogP contribution in [0.4, 0.5) is 5.69 Å². The zero-order chi connectivity index (χ0) is 22.2. The summed E-state index contributed by atoms with van der Waals surface area (Å²) in [6.07, 6.45) is 1.68. The van der Waals surface area contributed by atoms with Crippen molar-refractivity contribution in [2.45, 2.75) is 26.8 Å². The lowest BCUT2D eigenvalue weighted by Gasteiger charge is -2.35. The highest BCUT2D eigenvalue weighted by Gasteiger charge is 2.20. The van der Waals surface area contributed by atoms with Gasteiger partial charge in [0, 0.05) is 43.6 Å². The first kappa shape index (κ1) is 22.2. The number of hydrogen-bond donors (Lipinski definition) is 1. The third kappa shape index (κ3) is 5.79. The number of carbonyl (C=O) groups excluding carboxylic acids is 1. The van der Waals surface area contributed by atoms with Crippen LogP contribution in [-0.2, 0) is 4.79 Å². The van der Waals surface area contributed by atoms with Gasteiger partial charge in [-0.05, 0) is 39.0 Å². The molecular formula is C25H30N4O2. The fraction of sp³-hybridized carbons (Fsp3) is 0.360. The number of para-hydroxylation sites is 1. The van der Waals surface area contributed by atoms with Gasteiger partial charge in [0.2, 0.25) is 0 Å². The molecule has 1 heterocycles. The van der Waals surface area contributed by atoms with Crippen LogP contribution in [0.15, 0.2) is 60.3 Å². The summed E-state index contributed by atoms with van der Waals surface area (Å²) in [5, 5.41) is 12.5. The van der Waals surface area contributed by atoms with Gasteiger partial charge in [0.15, 0.2) is 0 Å². The predicted molar refractivity (Wildman–Crippen MR) is 123 cm³/mol. The molecule has 1 atom stereocenters. The summed E-state index contributed by atoms with van der Waals surface area (Å²) in [6, 6.07) is 18.0. The number of rotatable bonds is 7. The normalized spacial score (nSPS) is 15.2. The number of amides is 1. The van der Waals surface area contributed by atoms with Crippen LogP contribution in [0.3, 0.4) is 0 Å². The van der Waals surface area contributed by atoms with E-state index in [1.54, 1.807) is 6.20 Å². The fourth-order valence-corrected chi connectivity index (χ4v) is 3.71. The van der Waals surface area contributed by atoms with Crippen molar-refractivity contribution in [1.82, 2.24) is 10.2 Å². The molecule has 31 heavy (non-hydrogen) atoms. The minimum atomic E-state index is -0.371. The summed E-state index contributed by atoms with van der Waals surface area (Å²) < 4.78 is 5.71. The molecule has 1 aliphatic rings. The Hall–Kier alpha value is -3.46. The van der Waals surface area contributed by atoms with Gasteiger partial charge in [-0.15, -0.1) is 0 Å². The number of benzene rings is 2. The molecule has 0 radical (unpaired) electrons. The highest BCUT2D eigenvalue weighted by molar-refractivity contribution is 5.97. The molecule has 6 heteroatoms. The van der Waals surface area contributed by atoms with E-state index >= 15 is 0 Å². The Kier molecular flexibility index (Phi) is 7.55. The van der Waals surface area contributed by atoms with E-state index in [1.165, 1.54) is 5.69 Å². The van der Waals surface area contributed by atoms with E-state index in [0.717, 1.165) is 43.1 Å². The Balaban J connectivity index is 1.63. The average molecular weight is 419 g/mol. The molecule has 3 rings (SSSR count). The van der Waals surface area contributed by atoms with E-state index in [9.17, 15) is 10.1 Å². The van der Waals surface area contributed by atoms with Crippen LogP contribution in [0, 0.1) is 18.3 Å². The quantitative estimate of drug-likeness (QED) is 0.547. The van der Waals surface area contributed by atoms with Crippen LogP contribution in [0.2, 0.25) is 0 Å². The standard InChI is InChI=1S/C25H30N4O2/c1-4-31-24-11-10-19(2)16-23(24)20(3)27-25(30)21(17-26)18-28-12-14-29(15-13-28)22-8-6-5-7-9-22/h5-11,16,18,20H,4,12-15H2,1-3H3,(H,27,30)/b21-18-. The minimum absolute atomic E-state index is 0.116. The molecule has 1 N–H and O–H groups in total. The van der Waals surface area contributed by atoms with Gasteiger partial charge in [-0.25, -0.2) is 0 Å².